The highest BCUT2D eigenvalue weighted by molar-refractivity contribution is 5.05. The fraction of sp³-hybridized carbons (Fsp3) is 0.875. The lowest BCUT2D eigenvalue weighted by Gasteiger charge is -2.31. The van der Waals surface area contributed by atoms with E-state index in [-0.39, 0.29) is 6.10 Å². The third kappa shape index (κ3) is 7.74. The zero-order valence-corrected chi connectivity index (χ0v) is 13.1. The molecule has 1 aliphatic heterocycles. The van der Waals surface area contributed by atoms with Crippen LogP contribution in [-0.2, 0) is 4.74 Å². The quantitative estimate of drug-likeness (QED) is 0.713. The maximum Gasteiger partial charge on any atom is 0.115 e. The zero-order chi connectivity index (χ0) is 14.0. The number of ether oxygens (including phenoxy) is 1. The van der Waals surface area contributed by atoms with Gasteiger partial charge in [0, 0.05) is 19.0 Å². The second kappa shape index (κ2) is 10.4. The van der Waals surface area contributed by atoms with E-state index in [1.165, 1.54) is 13.1 Å². The molecule has 18 heavy (non-hydrogen) atoms. The number of nitrogens with zero attached hydrogens (tertiary/aromatic N) is 1. The number of likely N-dealkylation sites (tertiary alicyclic amines) is 1. The molecule has 1 rings (SSSR count). The highest BCUT2D eigenvalue weighted by Crippen LogP contribution is 2.14. The van der Waals surface area contributed by atoms with E-state index in [1.54, 1.807) is 0 Å². The van der Waals surface area contributed by atoms with Gasteiger partial charge in [0.05, 0.1) is 6.10 Å². The topological polar surface area (TPSA) is 12.5 Å². The minimum Gasteiger partial charge on any atom is -0.362 e. The van der Waals surface area contributed by atoms with E-state index in [0.29, 0.717) is 12.0 Å². The molecule has 1 saturated heterocycles. The molecule has 1 fully saturated rings. The summed E-state index contributed by atoms with van der Waals surface area (Å²) in [6.07, 6.45) is 2.81. The molecule has 106 valence electrons. The average Bonchev–Trinajstić information content (AvgIpc) is 2.39. The smallest absolute Gasteiger partial charge is 0.115 e. The van der Waals surface area contributed by atoms with Crippen molar-refractivity contribution in [2.24, 2.45) is 5.92 Å². The summed E-state index contributed by atoms with van der Waals surface area (Å²) < 4.78 is 5.93. The van der Waals surface area contributed by atoms with Crippen molar-refractivity contribution in [2.45, 2.75) is 66.6 Å². The van der Waals surface area contributed by atoms with E-state index in [4.69, 9.17) is 4.74 Å². The lowest BCUT2D eigenvalue weighted by molar-refractivity contribution is -0.0110. The SMILES string of the molecule is CC.CCN1CCC(OC(C)C#CC(C)C)CC1. The molecule has 0 bridgehead atoms. The van der Waals surface area contributed by atoms with E-state index in [1.807, 2.05) is 13.8 Å². The van der Waals surface area contributed by atoms with Crippen LogP contribution in [-0.4, -0.2) is 36.7 Å². The van der Waals surface area contributed by atoms with Crippen molar-refractivity contribution in [1.82, 2.24) is 4.90 Å². The molecule has 0 saturated carbocycles. The van der Waals surface area contributed by atoms with Gasteiger partial charge in [0.25, 0.3) is 0 Å². The van der Waals surface area contributed by atoms with Crippen LogP contribution in [0.1, 0.15) is 54.4 Å². The van der Waals surface area contributed by atoms with E-state index >= 15 is 0 Å². The Morgan fingerprint density at radius 2 is 1.67 bits per heavy atom. The molecule has 0 N–H and O–H groups in total. The Hall–Kier alpha value is -0.520. The van der Waals surface area contributed by atoms with Gasteiger partial charge in [0.2, 0.25) is 0 Å². The fourth-order valence-electron chi connectivity index (χ4n) is 1.97. The van der Waals surface area contributed by atoms with E-state index in [2.05, 4.69) is 44.4 Å². The molecule has 2 nitrogen and oxygen atoms in total. The van der Waals surface area contributed by atoms with Crippen molar-refractivity contribution >= 4 is 0 Å². The molecule has 0 amide bonds. The Bertz CT molecular complexity index is 244. The summed E-state index contributed by atoms with van der Waals surface area (Å²) in [4.78, 5) is 2.48. The summed E-state index contributed by atoms with van der Waals surface area (Å²) in [5, 5.41) is 0. The van der Waals surface area contributed by atoms with Crippen molar-refractivity contribution in [2.75, 3.05) is 19.6 Å². The minimum absolute atomic E-state index is 0.0839. The van der Waals surface area contributed by atoms with Crippen molar-refractivity contribution in [3.63, 3.8) is 0 Å². The average molecular weight is 253 g/mol. The second-order valence-corrected chi connectivity index (χ2v) is 4.86. The van der Waals surface area contributed by atoms with Crippen LogP contribution in [0.15, 0.2) is 0 Å². The van der Waals surface area contributed by atoms with Crippen LogP contribution < -0.4 is 0 Å². The van der Waals surface area contributed by atoms with Crippen LogP contribution in [0, 0.1) is 17.8 Å². The number of hydrogen-bond donors (Lipinski definition) is 0. The molecular formula is C16H31NO. The minimum atomic E-state index is 0.0839. The Kier molecular flexibility index (Phi) is 10.1. The molecule has 0 aromatic rings. The number of rotatable bonds is 3. The largest absolute Gasteiger partial charge is 0.362 e. The van der Waals surface area contributed by atoms with E-state index in [9.17, 15) is 0 Å². The van der Waals surface area contributed by atoms with Gasteiger partial charge < -0.3 is 9.64 Å². The third-order valence-corrected chi connectivity index (χ3v) is 2.95. The molecule has 1 heterocycles. The van der Waals surface area contributed by atoms with Crippen LogP contribution in [0.4, 0.5) is 0 Å². The molecule has 0 aliphatic carbocycles. The van der Waals surface area contributed by atoms with Crippen LogP contribution in [0.25, 0.3) is 0 Å². The molecule has 0 aromatic carbocycles. The van der Waals surface area contributed by atoms with Gasteiger partial charge in [-0.2, -0.15) is 0 Å². The molecule has 1 atom stereocenters. The summed E-state index contributed by atoms with van der Waals surface area (Å²) >= 11 is 0. The van der Waals surface area contributed by atoms with Crippen LogP contribution in [0.2, 0.25) is 0 Å². The van der Waals surface area contributed by atoms with Crippen molar-refractivity contribution in [3.05, 3.63) is 0 Å². The van der Waals surface area contributed by atoms with Gasteiger partial charge in [-0.3, -0.25) is 0 Å². The Morgan fingerprint density at radius 3 is 2.11 bits per heavy atom. The van der Waals surface area contributed by atoms with Gasteiger partial charge >= 0.3 is 0 Å². The highest BCUT2D eigenvalue weighted by Gasteiger charge is 2.19. The summed E-state index contributed by atoms with van der Waals surface area (Å²) in [5.41, 5.74) is 0. The van der Waals surface area contributed by atoms with Gasteiger partial charge in [0.1, 0.15) is 6.10 Å². The van der Waals surface area contributed by atoms with Crippen molar-refractivity contribution < 1.29 is 4.74 Å². The number of piperidine rings is 1. The molecule has 0 spiro atoms. The Morgan fingerprint density at radius 1 is 1.11 bits per heavy atom. The van der Waals surface area contributed by atoms with E-state index < -0.39 is 0 Å². The van der Waals surface area contributed by atoms with Gasteiger partial charge in [-0.25, -0.2) is 0 Å². The Labute approximate surface area is 114 Å². The van der Waals surface area contributed by atoms with Crippen LogP contribution in [0.5, 0.6) is 0 Å². The lowest BCUT2D eigenvalue weighted by atomic mass is 10.1. The normalized spacial score (nSPS) is 18.6. The maximum atomic E-state index is 5.93. The standard InChI is InChI=1S/C14H25NO.C2H6/c1-5-15-10-8-14(9-11-15)16-13(4)7-6-12(2)3;1-2/h12-14H,5,8-11H2,1-4H3;1-2H3. The third-order valence-electron chi connectivity index (χ3n) is 2.95. The second-order valence-electron chi connectivity index (χ2n) is 4.86. The van der Waals surface area contributed by atoms with Gasteiger partial charge in [-0.1, -0.05) is 46.5 Å². The zero-order valence-electron chi connectivity index (χ0n) is 13.1. The van der Waals surface area contributed by atoms with Crippen molar-refractivity contribution in [1.29, 1.82) is 0 Å². The Balaban J connectivity index is 0.00000137. The van der Waals surface area contributed by atoms with Crippen molar-refractivity contribution in [3.8, 4) is 11.8 Å². The maximum absolute atomic E-state index is 5.93. The van der Waals surface area contributed by atoms with Crippen LogP contribution in [0.3, 0.4) is 0 Å². The van der Waals surface area contributed by atoms with Gasteiger partial charge in [0.15, 0.2) is 0 Å². The van der Waals surface area contributed by atoms with Crippen LogP contribution >= 0.6 is 0 Å². The molecule has 1 aliphatic rings. The molecular weight excluding hydrogens is 222 g/mol. The fourth-order valence-corrected chi connectivity index (χ4v) is 1.97. The number of hydrogen-bond acceptors (Lipinski definition) is 2. The summed E-state index contributed by atoms with van der Waals surface area (Å²) in [6, 6.07) is 0. The lowest BCUT2D eigenvalue weighted by Crippen LogP contribution is -2.37. The highest BCUT2D eigenvalue weighted by atomic mass is 16.5. The molecule has 0 radical (unpaired) electrons. The summed E-state index contributed by atoms with van der Waals surface area (Å²) in [7, 11) is 0. The summed E-state index contributed by atoms with van der Waals surface area (Å²) in [5.74, 6) is 6.78. The first-order valence-electron chi connectivity index (χ1n) is 7.50. The van der Waals surface area contributed by atoms with E-state index in [0.717, 1.165) is 19.4 Å². The van der Waals surface area contributed by atoms with Gasteiger partial charge in [-0.05, 0) is 26.3 Å². The first-order chi connectivity index (χ1) is 8.61. The first-order valence-corrected chi connectivity index (χ1v) is 7.50. The predicted octanol–water partition coefficient (Wildman–Crippen LogP) is 3.56. The monoisotopic (exact) mass is 253 g/mol. The first kappa shape index (κ1) is 17.5. The van der Waals surface area contributed by atoms with Gasteiger partial charge in [-0.15, -0.1) is 0 Å². The molecule has 1 unspecified atom stereocenters. The summed E-state index contributed by atoms with van der Waals surface area (Å²) in [6.45, 7) is 16.0. The molecule has 0 aromatic heterocycles. The molecule has 2 heteroatoms. The predicted molar refractivity (Wildman–Crippen MR) is 79.6 cm³/mol.